The quantitative estimate of drug-likeness (QED) is 0.130. The zero-order chi connectivity index (χ0) is 32.2. The zero-order valence-corrected chi connectivity index (χ0v) is 31.0. The van der Waals surface area contributed by atoms with Crippen molar-refractivity contribution in [3.63, 3.8) is 0 Å². The highest BCUT2D eigenvalue weighted by Crippen LogP contribution is 2.48. The summed E-state index contributed by atoms with van der Waals surface area (Å²) in [5.41, 5.74) is 0. The van der Waals surface area contributed by atoms with Gasteiger partial charge in [0.15, 0.2) is 18.2 Å². The molecule has 4 nitrogen and oxygen atoms in total. The summed E-state index contributed by atoms with van der Waals surface area (Å²) in [5.74, 6) is 0.500. The normalized spacial score (nSPS) is 18.6. The minimum atomic E-state index is -3.36. The third-order valence-electron chi connectivity index (χ3n) is 9.89. The number of benzene rings is 3. The fourth-order valence-electron chi connectivity index (χ4n) is 6.19. The molecule has 4 rings (SSSR count). The Labute approximate surface area is 269 Å². The molecule has 0 aliphatic heterocycles. The van der Waals surface area contributed by atoms with Crippen LogP contribution in [-0.4, -0.2) is 43.5 Å². The van der Waals surface area contributed by atoms with Crippen LogP contribution in [0.4, 0.5) is 0 Å². The molecule has 0 N–H and O–H groups in total. The molecule has 0 heterocycles. The molecule has 0 bridgehead atoms. The third kappa shape index (κ3) is 8.02. The van der Waals surface area contributed by atoms with Crippen LogP contribution in [0.2, 0.25) is 23.2 Å². The van der Waals surface area contributed by atoms with Crippen LogP contribution in [0.5, 0.6) is 0 Å². The van der Waals surface area contributed by atoms with Crippen LogP contribution in [0.3, 0.4) is 0 Å². The first-order valence-corrected chi connectivity index (χ1v) is 22.8. The Morgan fingerprint density at radius 2 is 1.25 bits per heavy atom. The van der Waals surface area contributed by atoms with Crippen molar-refractivity contribution in [3.05, 3.63) is 91.0 Å². The summed E-state index contributed by atoms with van der Waals surface area (Å²) in [7, 11) is -7.95. The Balaban J connectivity index is 1.62. The molecule has 7 heteroatoms. The van der Waals surface area contributed by atoms with Crippen molar-refractivity contribution in [3.8, 4) is 0 Å². The summed E-state index contributed by atoms with van der Waals surface area (Å²) in [5, 5.41) is 2.57. The van der Waals surface area contributed by atoms with E-state index in [1.54, 1.807) is 24.3 Å². The molecule has 0 amide bonds. The smallest absolute Gasteiger partial charge is 0.261 e. The van der Waals surface area contributed by atoms with Crippen LogP contribution < -0.4 is 10.4 Å². The Morgan fingerprint density at radius 3 is 1.73 bits per heavy atom. The van der Waals surface area contributed by atoms with Gasteiger partial charge < -0.3 is 8.85 Å². The maximum atomic E-state index is 13.4. The van der Waals surface area contributed by atoms with Gasteiger partial charge in [-0.1, -0.05) is 120 Å². The van der Waals surface area contributed by atoms with E-state index in [-0.39, 0.29) is 33.8 Å². The van der Waals surface area contributed by atoms with Crippen molar-refractivity contribution >= 4 is 36.8 Å². The third-order valence-corrected chi connectivity index (χ3v) is 21.3. The van der Waals surface area contributed by atoms with E-state index in [1.807, 2.05) is 6.07 Å². The van der Waals surface area contributed by atoms with Gasteiger partial charge in [0.05, 0.1) is 10.6 Å². The topological polar surface area (TPSA) is 52.6 Å². The second-order valence-electron chi connectivity index (χ2n) is 15.2. The van der Waals surface area contributed by atoms with Crippen molar-refractivity contribution in [1.29, 1.82) is 0 Å². The van der Waals surface area contributed by atoms with Crippen molar-refractivity contribution in [2.45, 2.75) is 101 Å². The van der Waals surface area contributed by atoms with Crippen LogP contribution in [0.1, 0.15) is 67.2 Å². The molecule has 1 saturated carbocycles. The summed E-state index contributed by atoms with van der Waals surface area (Å²) < 4.78 is 40.9. The maximum absolute atomic E-state index is 13.4. The molecule has 0 unspecified atom stereocenters. The van der Waals surface area contributed by atoms with E-state index >= 15 is 0 Å². The summed E-state index contributed by atoms with van der Waals surface area (Å²) in [6, 6.07) is 30.5. The second kappa shape index (κ2) is 13.8. The molecule has 1 aliphatic rings. The monoisotopic (exact) mass is 650 g/mol. The van der Waals surface area contributed by atoms with Gasteiger partial charge in [-0.25, -0.2) is 8.42 Å². The van der Waals surface area contributed by atoms with Crippen molar-refractivity contribution < 1.29 is 17.3 Å². The number of hydrogen-bond donors (Lipinski definition) is 0. The lowest BCUT2D eigenvalue weighted by Crippen LogP contribution is -2.68. The van der Waals surface area contributed by atoms with E-state index < -0.39 is 26.5 Å². The maximum Gasteiger partial charge on any atom is 0.261 e. The van der Waals surface area contributed by atoms with E-state index in [0.29, 0.717) is 4.90 Å². The molecule has 3 atom stereocenters. The second-order valence-corrected chi connectivity index (χ2v) is 26.3. The summed E-state index contributed by atoms with van der Waals surface area (Å²) in [6.07, 6.45) is 3.73. The van der Waals surface area contributed by atoms with Crippen LogP contribution >= 0.6 is 0 Å². The summed E-state index contributed by atoms with van der Waals surface area (Å²) in [4.78, 5) is 0.415. The SMILES string of the molecule is CC(C)(C)[Si](C)(C)OCCCC[C@@H](O[Si](c1ccccc1)(c1ccccc1)C(C)(C)C)[C@H]1C[C@@H]1CS(=O)(=O)c1ccccc1. The first kappa shape index (κ1) is 34.8. The molecule has 1 aliphatic carbocycles. The van der Waals surface area contributed by atoms with Crippen LogP contribution in [-0.2, 0) is 18.7 Å². The van der Waals surface area contributed by atoms with E-state index in [9.17, 15) is 8.42 Å². The molecule has 0 saturated heterocycles. The predicted molar refractivity (Wildman–Crippen MR) is 190 cm³/mol. The van der Waals surface area contributed by atoms with Gasteiger partial charge in [0.2, 0.25) is 0 Å². The zero-order valence-electron chi connectivity index (χ0n) is 28.2. The van der Waals surface area contributed by atoms with Crippen molar-refractivity contribution in [1.82, 2.24) is 0 Å². The Bertz CT molecular complexity index is 1390. The molecule has 3 aromatic rings. The highest BCUT2D eigenvalue weighted by atomic mass is 32.2. The number of rotatable bonds is 14. The summed E-state index contributed by atoms with van der Waals surface area (Å²) >= 11 is 0. The first-order valence-electron chi connectivity index (χ1n) is 16.3. The minimum absolute atomic E-state index is 0.0230. The van der Waals surface area contributed by atoms with Gasteiger partial charge in [-0.05, 0) is 83.2 Å². The Hall–Kier alpha value is -2.04. The molecule has 0 radical (unpaired) electrons. The Morgan fingerprint density at radius 1 is 0.750 bits per heavy atom. The molecule has 44 heavy (non-hydrogen) atoms. The van der Waals surface area contributed by atoms with Crippen LogP contribution in [0, 0.1) is 11.8 Å². The average Bonchev–Trinajstić information content (AvgIpc) is 3.72. The Kier molecular flexibility index (Phi) is 10.9. The highest BCUT2D eigenvalue weighted by Gasteiger charge is 2.55. The van der Waals surface area contributed by atoms with Gasteiger partial charge in [0.1, 0.15) is 0 Å². The van der Waals surface area contributed by atoms with Gasteiger partial charge in [0, 0.05) is 12.7 Å². The van der Waals surface area contributed by atoms with Crippen molar-refractivity contribution in [2.24, 2.45) is 11.8 Å². The van der Waals surface area contributed by atoms with E-state index in [4.69, 9.17) is 8.85 Å². The van der Waals surface area contributed by atoms with Gasteiger partial charge >= 0.3 is 0 Å². The number of sulfone groups is 1. The van der Waals surface area contributed by atoms with E-state index in [1.165, 1.54) is 10.4 Å². The minimum Gasteiger partial charge on any atom is -0.417 e. The lowest BCUT2D eigenvalue weighted by molar-refractivity contribution is 0.143. The molecule has 1 fully saturated rings. The van der Waals surface area contributed by atoms with Gasteiger partial charge in [-0.15, -0.1) is 0 Å². The van der Waals surface area contributed by atoms with E-state index in [2.05, 4.69) is 115 Å². The lowest BCUT2D eigenvalue weighted by Gasteiger charge is -2.45. The van der Waals surface area contributed by atoms with Crippen LogP contribution in [0.25, 0.3) is 0 Å². The predicted octanol–water partition coefficient (Wildman–Crippen LogP) is 8.23. The molecule has 240 valence electrons. The standard InChI is InChI=1S/C37H54O4SSi2/c1-36(2,3)43(7,8)40-27-19-18-26-35(34-28-30(34)29-42(38,39)31-20-12-9-13-21-31)41-44(37(4,5)6,32-22-14-10-15-23-32)33-24-16-11-17-25-33/h9-17,20-25,30,34-35H,18-19,26-29H2,1-8H3/t30-,34+,35-/m1/s1. The number of unbranched alkanes of at least 4 members (excludes halogenated alkanes) is 1. The van der Waals surface area contributed by atoms with Gasteiger partial charge in [0.25, 0.3) is 8.32 Å². The molecule has 0 spiro atoms. The molecule has 3 aromatic carbocycles. The van der Waals surface area contributed by atoms with Crippen molar-refractivity contribution in [2.75, 3.05) is 12.4 Å². The average molecular weight is 651 g/mol. The van der Waals surface area contributed by atoms with Gasteiger partial charge in [-0.3, -0.25) is 0 Å². The van der Waals surface area contributed by atoms with Crippen LogP contribution in [0.15, 0.2) is 95.9 Å². The van der Waals surface area contributed by atoms with Gasteiger partial charge in [-0.2, -0.15) is 0 Å². The highest BCUT2D eigenvalue weighted by molar-refractivity contribution is 7.91. The number of hydrogen-bond acceptors (Lipinski definition) is 4. The molecule has 0 aromatic heterocycles. The van der Waals surface area contributed by atoms with E-state index in [0.717, 1.165) is 32.3 Å². The largest absolute Gasteiger partial charge is 0.417 e. The molecular weight excluding hydrogens is 597 g/mol. The fraction of sp³-hybridized carbons (Fsp3) is 0.514. The summed E-state index contributed by atoms with van der Waals surface area (Å²) in [6.45, 7) is 19.2. The lowest BCUT2D eigenvalue weighted by atomic mass is 10.1. The first-order chi connectivity index (χ1) is 20.6. The molecular formula is C37H54O4SSi2. The fourth-order valence-corrected chi connectivity index (χ4v) is 13.8.